The Labute approximate surface area is 153 Å². The fourth-order valence-electron chi connectivity index (χ4n) is 3.53. The van der Waals surface area contributed by atoms with Gasteiger partial charge in [-0.15, -0.1) is 0 Å². The number of rotatable bonds is 5. The molecule has 1 unspecified atom stereocenters. The summed E-state index contributed by atoms with van der Waals surface area (Å²) in [5.41, 5.74) is 2.65. The number of hydrogen-bond acceptors (Lipinski definition) is 7. The Balaban J connectivity index is 1.34. The van der Waals surface area contributed by atoms with E-state index in [1.807, 2.05) is 6.92 Å². The molecule has 1 aliphatic heterocycles. The molecule has 1 aromatic carbocycles. The molecule has 0 saturated carbocycles. The molecule has 26 heavy (non-hydrogen) atoms. The van der Waals surface area contributed by atoms with Gasteiger partial charge in [-0.25, -0.2) is 4.98 Å². The van der Waals surface area contributed by atoms with Crippen molar-refractivity contribution in [3.05, 3.63) is 42.4 Å². The SMILES string of the molecule is Cc1noc2ncnc(NC(C)CN3CCN(c4ccccc4)CC3)c12. The molecule has 0 aliphatic carbocycles. The van der Waals surface area contributed by atoms with Crippen LogP contribution in [0.5, 0.6) is 0 Å². The standard InChI is InChI=1S/C19H24N6O/c1-14(22-18-17-15(2)23-26-19(17)21-13-20-18)12-24-8-10-25(11-9-24)16-6-4-3-5-7-16/h3-7,13-14H,8-12H2,1-2H3,(H,20,21,22). The van der Waals surface area contributed by atoms with Crippen molar-refractivity contribution in [2.45, 2.75) is 19.9 Å². The van der Waals surface area contributed by atoms with Crippen molar-refractivity contribution >= 4 is 22.6 Å². The Bertz CT molecular complexity index is 857. The summed E-state index contributed by atoms with van der Waals surface area (Å²) >= 11 is 0. The van der Waals surface area contributed by atoms with Crippen molar-refractivity contribution in [1.82, 2.24) is 20.0 Å². The molecule has 7 nitrogen and oxygen atoms in total. The molecule has 0 spiro atoms. The van der Waals surface area contributed by atoms with E-state index in [1.165, 1.54) is 12.0 Å². The van der Waals surface area contributed by atoms with E-state index in [0.29, 0.717) is 5.71 Å². The quantitative estimate of drug-likeness (QED) is 0.756. The zero-order valence-electron chi connectivity index (χ0n) is 15.2. The van der Waals surface area contributed by atoms with Crippen LogP contribution in [0.3, 0.4) is 0 Å². The van der Waals surface area contributed by atoms with Gasteiger partial charge in [0.1, 0.15) is 17.5 Å². The van der Waals surface area contributed by atoms with Gasteiger partial charge in [0.05, 0.1) is 5.69 Å². The lowest BCUT2D eigenvalue weighted by Gasteiger charge is -2.37. The average molecular weight is 352 g/mol. The Kier molecular flexibility index (Phi) is 4.71. The van der Waals surface area contributed by atoms with E-state index in [-0.39, 0.29) is 6.04 Å². The summed E-state index contributed by atoms with van der Waals surface area (Å²) in [7, 11) is 0. The van der Waals surface area contributed by atoms with Crippen LogP contribution in [-0.4, -0.2) is 58.8 Å². The largest absolute Gasteiger partial charge is 0.369 e. The smallest absolute Gasteiger partial charge is 0.263 e. The Morgan fingerprint density at radius 3 is 2.65 bits per heavy atom. The highest BCUT2D eigenvalue weighted by Crippen LogP contribution is 2.23. The van der Waals surface area contributed by atoms with Crippen LogP contribution in [0.25, 0.3) is 11.1 Å². The number of fused-ring (bicyclic) bond motifs is 1. The van der Waals surface area contributed by atoms with Gasteiger partial charge in [-0.3, -0.25) is 4.90 Å². The number of nitrogens with zero attached hydrogens (tertiary/aromatic N) is 5. The van der Waals surface area contributed by atoms with Crippen LogP contribution in [0.1, 0.15) is 12.6 Å². The van der Waals surface area contributed by atoms with Crippen molar-refractivity contribution in [3.63, 3.8) is 0 Å². The van der Waals surface area contributed by atoms with E-state index in [4.69, 9.17) is 4.52 Å². The maximum atomic E-state index is 5.22. The maximum Gasteiger partial charge on any atom is 0.263 e. The number of aryl methyl sites for hydroxylation is 1. The summed E-state index contributed by atoms with van der Waals surface area (Å²) in [5.74, 6) is 0.796. The van der Waals surface area contributed by atoms with E-state index >= 15 is 0 Å². The molecular formula is C19H24N6O. The highest BCUT2D eigenvalue weighted by atomic mass is 16.5. The van der Waals surface area contributed by atoms with Crippen LogP contribution in [0.4, 0.5) is 11.5 Å². The number of anilines is 2. The minimum absolute atomic E-state index is 0.269. The predicted octanol–water partition coefficient (Wildman–Crippen LogP) is 2.55. The highest BCUT2D eigenvalue weighted by Gasteiger charge is 2.20. The maximum absolute atomic E-state index is 5.22. The Morgan fingerprint density at radius 1 is 1.12 bits per heavy atom. The van der Waals surface area contributed by atoms with Crippen LogP contribution in [0.2, 0.25) is 0 Å². The molecule has 1 saturated heterocycles. The fraction of sp³-hybridized carbons (Fsp3) is 0.421. The van der Waals surface area contributed by atoms with E-state index in [9.17, 15) is 0 Å². The van der Waals surface area contributed by atoms with E-state index in [0.717, 1.165) is 49.6 Å². The molecule has 1 N–H and O–H groups in total. The van der Waals surface area contributed by atoms with Gasteiger partial charge in [-0.2, -0.15) is 4.98 Å². The molecule has 0 amide bonds. The van der Waals surface area contributed by atoms with Crippen molar-refractivity contribution in [3.8, 4) is 0 Å². The monoisotopic (exact) mass is 352 g/mol. The zero-order chi connectivity index (χ0) is 17.9. The average Bonchev–Trinajstić information content (AvgIpc) is 3.05. The first-order valence-corrected chi connectivity index (χ1v) is 9.06. The number of piperazine rings is 1. The van der Waals surface area contributed by atoms with Crippen LogP contribution in [-0.2, 0) is 0 Å². The van der Waals surface area contributed by atoms with Crippen molar-refractivity contribution in [1.29, 1.82) is 0 Å². The van der Waals surface area contributed by atoms with E-state index in [2.05, 4.69) is 67.5 Å². The predicted molar refractivity (Wildman–Crippen MR) is 103 cm³/mol. The lowest BCUT2D eigenvalue weighted by Crippen LogP contribution is -2.49. The van der Waals surface area contributed by atoms with Gasteiger partial charge in [0.15, 0.2) is 0 Å². The van der Waals surface area contributed by atoms with Gasteiger partial charge in [0, 0.05) is 44.5 Å². The molecule has 3 aromatic rings. The normalized spacial score (nSPS) is 16.8. The van der Waals surface area contributed by atoms with Crippen molar-refractivity contribution in [2.75, 3.05) is 42.9 Å². The second-order valence-electron chi connectivity index (χ2n) is 6.84. The number of aromatic nitrogens is 3. The Morgan fingerprint density at radius 2 is 1.88 bits per heavy atom. The van der Waals surface area contributed by atoms with Gasteiger partial charge in [-0.05, 0) is 26.0 Å². The summed E-state index contributed by atoms with van der Waals surface area (Å²) < 4.78 is 5.22. The molecule has 1 aliphatic rings. The van der Waals surface area contributed by atoms with Crippen molar-refractivity contribution < 1.29 is 4.52 Å². The van der Waals surface area contributed by atoms with Gasteiger partial charge in [0.2, 0.25) is 0 Å². The lowest BCUT2D eigenvalue weighted by atomic mass is 10.2. The first kappa shape index (κ1) is 16.8. The topological polar surface area (TPSA) is 70.3 Å². The number of para-hydroxylation sites is 1. The van der Waals surface area contributed by atoms with E-state index in [1.54, 1.807) is 0 Å². The van der Waals surface area contributed by atoms with Gasteiger partial charge >= 0.3 is 0 Å². The molecule has 0 radical (unpaired) electrons. The summed E-state index contributed by atoms with van der Waals surface area (Å²) in [6, 6.07) is 10.9. The number of nitrogens with one attached hydrogen (secondary N) is 1. The third-order valence-electron chi connectivity index (χ3n) is 4.85. The second kappa shape index (κ2) is 7.29. The summed E-state index contributed by atoms with van der Waals surface area (Å²) in [4.78, 5) is 13.4. The first-order chi connectivity index (χ1) is 12.7. The lowest BCUT2D eigenvalue weighted by molar-refractivity contribution is 0.251. The molecule has 1 atom stereocenters. The van der Waals surface area contributed by atoms with Crippen LogP contribution in [0, 0.1) is 6.92 Å². The van der Waals surface area contributed by atoms with Crippen LogP contribution >= 0.6 is 0 Å². The van der Waals surface area contributed by atoms with Gasteiger partial charge < -0.3 is 14.7 Å². The van der Waals surface area contributed by atoms with Crippen LogP contribution in [0.15, 0.2) is 41.2 Å². The zero-order valence-corrected chi connectivity index (χ0v) is 15.2. The molecular weight excluding hydrogens is 328 g/mol. The van der Waals surface area contributed by atoms with Crippen molar-refractivity contribution in [2.24, 2.45) is 0 Å². The molecule has 7 heteroatoms. The number of hydrogen-bond donors (Lipinski definition) is 1. The second-order valence-corrected chi connectivity index (χ2v) is 6.84. The molecule has 136 valence electrons. The minimum Gasteiger partial charge on any atom is -0.369 e. The summed E-state index contributed by atoms with van der Waals surface area (Å²) in [6.07, 6.45) is 1.51. The molecule has 0 bridgehead atoms. The molecule has 4 rings (SSSR count). The molecule has 1 fully saturated rings. The first-order valence-electron chi connectivity index (χ1n) is 9.06. The minimum atomic E-state index is 0.269. The Hall–Kier alpha value is -2.67. The third-order valence-corrected chi connectivity index (χ3v) is 4.85. The van der Waals surface area contributed by atoms with Gasteiger partial charge in [-0.1, -0.05) is 23.4 Å². The molecule has 2 aromatic heterocycles. The van der Waals surface area contributed by atoms with Gasteiger partial charge in [0.25, 0.3) is 5.71 Å². The van der Waals surface area contributed by atoms with Crippen LogP contribution < -0.4 is 10.2 Å². The summed E-state index contributed by atoms with van der Waals surface area (Å²) in [6.45, 7) is 9.30. The fourth-order valence-corrected chi connectivity index (χ4v) is 3.53. The highest BCUT2D eigenvalue weighted by molar-refractivity contribution is 5.87. The third kappa shape index (κ3) is 3.48. The number of benzene rings is 1. The molecule has 3 heterocycles. The summed E-state index contributed by atoms with van der Waals surface area (Å²) in [5, 5.41) is 8.35. The van der Waals surface area contributed by atoms with E-state index < -0.39 is 0 Å².